The van der Waals surface area contributed by atoms with E-state index in [-0.39, 0.29) is 12.1 Å². The summed E-state index contributed by atoms with van der Waals surface area (Å²) in [6, 6.07) is 2.87. The molecule has 1 aliphatic heterocycles. The van der Waals surface area contributed by atoms with E-state index in [0.29, 0.717) is 24.9 Å². The maximum absolute atomic E-state index is 13.1. The van der Waals surface area contributed by atoms with Gasteiger partial charge in [-0.15, -0.1) is 0 Å². The number of carbonyl (C=O) groups is 1. The molecule has 120 valence electrons. The molecule has 1 N–H and O–H groups in total. The van der Waals surface area contributed by atoms with E-state index in [4.69, 9.17) is 4.74 Å². The monoisotopic (exact) mass is 317 g/mol. The number of halogens is 1. The third-order valence-corrected chi connectivity index (χ3v) is 3.39. The predicted octanol–water partition coefficient (Wildman–Crippen LogP) is 0.777. The number of hydrogen-bond acceptors (Lipinski definition) is 6. The van der Waals surface area contributed by atoms with Gasteiger partial charge in [-0.25, -0.2) is 14.4 Å². The molecule has 23 heavy (non-hydrogen) atoms. The SMILES string of the molecule is O=C(NCc1ccnc(N2CCOCC2)n1)c1cncc(F)c1. The maximum Gasteiger partial charge on any atom is 0.253 e. The van der Waals surface area contributed by atoms with E-state index in [1.165, 1.54) is 6.20 Å². The molecule has 1 saturated heterocycles. The summed E-state index contributed by atoms with van der Waals surface area (Å²) in [6.45, 7) is 3.01. The molecule has 0 aromatic carbocycles. The molecule has 3 rings (SSSR count). The number of nitrogens with zero attached hydrogens (tertiary/aromatic N) is 4. The van der Waals surface area contributed by atoms with Gasteiger partial charge in [-0.3, -0.25) is 9.78 Å². The molecule has 8 heteroatoms. The molecule has 1 aliphatic rings. The van der Waals surface area contributed by atoms with Crippen molar-refractivity contribution in [3.8, 4) is 0 Å². The van der Waals surface area contributed by atoms with Crippen molar-refractivity contribution in [2.24, 2.45) is 0 Å². The zero-order valence-electron chi connectivity index (χ0n) is 12.4. The highest BCUT2D eigenvalue weighted by atomic mass is 19.1. The van der Waals surface area contributed by atoms with E-state index in [1.54, 1.807) is 12.3 Å². The van der Waals surface area contributed by atoms with Crippen LogP contribution in [0, 0.1) is 5.82 Å². The Labute approximate surface area is 132 Å². The highest BCUT2D eigenvalue weighted by molar-refractivity contribution is 5.93. The summed E-state index contributed by atoms with van der Waals surface area (Å²) in [5.74, 6) is -0.328. The lowest BCUT2D eigenvalue weighted by atomic mass is 10.2. The number of carbonyl (C=O) groups excluding carboxylic acids is 1. The zero-order valence-corrected chi connectivity index (χ0v) is 12.4. The first-order valence-corrected chi connectivity index (χ1v) is 7.26. The molecule has 1 fully saturated rings. The van der Waals surface area contributed by atoms with Crippen molar-refractivity contribution in [3.63, 3.8) is 0 Å². The Hall–Kier alpha value is -2.61. The Kier molecular flexibility index (Phi) is 4.72. The molecule has 0 unspecified atom stereocenters. The van der Waals surface area contributed by atoms with Crippen LogP contribution in [0.2, 0.25) is 0 Å². The molecule has 0 saturated carbocycles. The second kappa shape index (κ2) is 7.10. The molecule has 0 bridgehead atoms. The second-order valence-corrected chi connectivity index (χ2v) is 5.02. The molecule has 0 radical (unpaired) electrons. The van der Waals surface area contributed by atoms with Gasteiger partial charge < -0.3 is 15.0 Å². The van der Waals surface area contributed by atoms with Gasteiger partial charge in [0.1, 0.15) is 5.82 Å². The van der Waals surface area contributed by atoms with Crippen LogP contribution in [0.25, 0.3) is 0 Å². The van der Waals surface area contributed by atoms with Crippen molar-refractivity contribution in [1.29, 1.82) is 0 Å². The Morgan fingerprint density at radius 2 is 2.17 bits per heavy atom. The van der Waals surface area contributed by atoms with Gasteiger partial charge in [0.15, 0.2) is 0 Å². The molecule has 2 aromatic rings. The average molecular weight is 317 g/mol. The van der Waals surface area contributed by atoms with Crippen LogP contribution in [0.3, 0.4) is 0 Å². The van der Waals surface area contributed by atoms with E-state index >= 15 is 0 Å². The minimum atomic E-state index is -0.547. The van der Waals surface area contributed by atoms with Gasteiger partial charge in [-0.2, -0.15) is 0 Å². The number of hydrogen-bond donors (Lipinski definition) is 1. The maximum atomic E-state index is 13.1. The van der Waals surface area contributed by atoms with Crippen LogP contribution < -0.4 is 10.2 Å². The molecule has 0 spiro atoms. The molecule has 1 amide bonds. The van der Waals surface area contributed by atoms with Crippen molar-refractivity contribution in [3.05, 3.63) is 47.8 Å². The molecule has 0 aliphatic carbocycles. The molecule has 0 atom stereocenters. The lowest BCUT2D eigenvalue weighted by molar-refractivity contribution is 0.0949. The lowest BCUT2D eigenvalue weighted by Crippen LogP contribution is -2.37. The third-order valence-electron chi connectivity index (χ3n) is 3.39. The molecule has 2 aromatic heterocycles. The summed E-state index contributed by atoms with van der Waals surface area (Å²) >= 11 is 0. The van der Waals surface area contributed by atoms with Gasteiger partial charge in [0.2, 0.25) is 5.95 Å². The first-order chi connectivity index (χ1) is 11.2. The van der Waals surface area contributed by atoms with E-state index in [0.717, 1.165) is 25.4 Å². The van der Waals surface area contributed by atoms with Gasteiger partial charge in [0.25, 0.3) is 5.91 Å². The summed E-state index contributed by atoms with van der Waals surface area (Å²) < 4.78 is 18.4. The van der Waals surface area contributed by atoms with Crippen molar-refractivity contribution in [2.75, 3.05) is 31.2 Å². The summed E-state index contributed by atoms with van der Waals surface area (Å²) in [4.78, 5) is 26.3. The second-order valence-electron chi connectivity index (χ2n) is 5.02. The fraction of sp³-hybridized carbons (Fsp3) is 0.333. The highest BCUT2D eigenvalue weighted by Crippen LogP contribution is 2.10. The van der Waals surface area contributed by atoms with Crippen LogP contribution in [0.15, 0.2) is 30.7 Å². The predicted molar refractivity (Wildman–Crippen MR) is 80.4 cm³/mol. The largest absolute Gasteiger partial charge is 0.378 e. The number of aromatic nitrogens is 3. The van der Waals surface area contributed by atoms with Gasteiger partial charge in [-0.05, 0) is 12.1 Å². The average Bonchev–Trinajstić information content (AvgIpc) is 2.61. The van der Waals surface area contributed by atoms with Gasteiger partial charge in [0, 0.05) is 25.5 Å². The van der Waals surface area contributed by atoms with Crippen molar-refractivity contribution in [2.45, 2.75) is 6.54 Å². The van der Waals surface area contributed by atoms with E-state index in [2.05, 4.69) is 20.3 Å². The van der Waals surface area contributed by atoms with Crippen LogP contribution >= 0.6 is 0 Å². The number of anilines is 1. The minimum Gasteiger partial charge on any atom is -0.378 e. The molecule has 3 heterocycles. The number of ether oxygens (including phenoxy) is 1. The summed E-state index contributed by atoms with van der Waals surface area (Å²) in [5.41, 5.74) is 0.853. The minimum absolute atomic E-state index is 0.174. The Morgan fingerprint density at radius 3 is 2.96 bits per heavy atom. The van der Waals surface area contributed by atoms with Crippen molar-refractivity contribution in [1.82, 2.24) is 20.3 Å². The topological polar surface area (TPSA) is 80.2 Å². The van der Waals surface area contributed by atoms with E-state index in [9.17, 15) is 9.18 Å². The first kappa shape index (κ1) is 15.3. The van der Waals surface area contributed by atoms with Crippen LogP contribution in [-0.2, 0) is 11.3 Å². The molecular formula is C15H16FN5O2. The van der Waals surface area contributed by atoms with Gasteiger partial charge in [-0.1, -0.05) is 0 Å². The summed E-state index contributed by atoms with van der Waals surface area (Å²) in [7, 11) is 0. The van der Waals surface area contributed by atoms with Crippen LogP contribution in [0.5, 0.6) is 0 Å². The Balaban J connectivity index is 1.63. The quantitative estimate of drug-likeness (QED) is 0.897. The number of nitrogens with one attached hydrogen (secondary N) is 1. The van der Waals surface area contributed by atoms with E-state index in [1.807, 2.05) is 4.90 Å². The number of morpholine rings is 1. The highest BCUT2D eigenvalue weighted by Gasteiger charge is 2.14. The third kappa shape index (κ3) is 3.98. The smallest absolute Gasteiger partial charge is 0.253 e. The standard InChI is InChI=1S/C15H16FN5O2/c16-12-7-11(8-17-9-12)14(22)19-10-13-1-2-18-15(20-13)21-3-5-23-6-4-21/h1-2,7-9H,3-6,10H2,(H,19,22). The lowest BCUT2D eigenvalue weighted by Gasteiger charge is -2.26. The first-order valence-electron chi connectivity index (χ1n) is 7.26. The number of pyridine rings is 1. The van der Waals surface area contributed by atoms with Gasteiger partial charge >= 0.3 is 0 Å². The fourth-order valence-corrected chi connectivity index (χ4v) is 2.21. The van der Waals surface area contributed by atoms with Crippen LogP contribution in [0.4, 0.5) is 10.3 Å². The fourth-order valence-electron chi connectivity index (χ4n) is 2.21. The summed E-state index contributed by atoms with van der Waals surface area (Å²) in [5, 5.41) is 2.69. The van der Waals surface area contributed by atoms with Crippen molar-refractivity contribution >= 4 is 11.9 Å². The summed E-state index contributed by atoms with van der Waals surface area (Å²) in [6.07, 6.45) is 4.02. The molecular weight excluding hydrogens is 301 g/mol. The molecule has 7 nitrogen and oxygen atoms in total. The Morgan fingerprint density at radius 1 is 1.35 bits per heavy atom. The zero-order chi connectivity index (χ0) is 16.1. The van der Waals surface area contributed by atoms with Gasteiger partial charge in [0.05, 0.1) is 37.2 Å². The Bertz CT molecular complexity index is 691. The number of amides is 1. The number of rotatable bonds is 4. The van der Waals surface area contributed by atoms with Crippen LogP contribution in [-0.4, -0.2) is 47.2 Å². The normalized spacial score (nSPS) is 14.6. The van der Waals surface area contributed by atoms with Crippen LogP contribution in [0.1, 0.15) is 16.1 Å². The van der Waals surface area contributed by atoms with E-state index < -0.39 is 11.7 Å². The van der Waals surface area contributed by atoms with Crippen molar-refractivity contribution < 1.29 is 13.9 Å².